The van der Waals surface area contributed by atoms with E-state index in [0.29, 0.717) is 24.0 Å². The van der Waals surface area contributed by atoms with Crippen LogP contribution in [0.3, 0.4) is 0 Å². The highest BCUT2D eigenvalue weighted by molar-refractivity contribution is 9.10. The Morgan fingerprint density at radius 1 is 1.50 bits per heavy atom. The van der Waals surface area contributed by atoms with Gasteiger partial charge in [0, 0.05) is 10.0 Å². The van der Waals surface area contributed by atoms with E-state index in [-0.39, 0.29) is 6.54 Å². The minimum Gasteiger partial charge on any atom is -0.493 e. The van der Waals surface area contributed by atoms with Crippen molar-refractivity contribution in [1.82, 2.24) is 0 Å². The first kappa shape index (κ1) is 13.1. The molecular formula is C13H14BrNO3. The number of hydrogen-bond donors (Lipinski definition) is 0. The van der Waals surface area contributed by atoms with Crippen molar-refractivity contribution in [3.8, 4) is 11.5 Å². The molecule has 1 aliphatic carbocycles. The van der Waals surface area contributed by atoms with Crippen molar-refractivity contribution >= 4 is 22.0 Å². The summed E-state index contributed by atoms with van der Waals surface area (Å²) in [7, 11) is 1.60. The molecule has 0 spiro atoms. The average molecular weight is 312 g/mol. The second-order valence-corrected chi connectivity index (χ2v) is 5.07. The molecule has 2 rings (SSSR count). The Hall–Kier alpha value is -1.32. The van der Waals surface area contributed by atoms with Crippen LogP contribution >= 0.6 is 15.9 Å². The minimum absolute atomic E-state index is 0.237. The normalized spacial score (nSPS) is 13.9. The summed E-state index contributed by atoms with van der Waals surface area (Å²) < 4.78 is 12.0. The molecule has 1 aromatic rings. The number of ether oxygens (including phenoxy) is 2. The molecule has 0 aromatic heterocycles. The van der Waals surface area contributed by atoms with Crippen LogP contribution in [0, 0.1) is 5.92 Å². The molecule has 0 atom stereocenters. The standard InChI is InChI=1S/C13H14BrNO3/c1-17-12-5-4-11(14)10(6-15-8-16)13(12)18-7-9-2-3-9/h4-5,9H,2-3,6-7H2,1H3. The minimum atomic E-state index is 0.237. The first-order chi connectivity index (χ1) is 8.76. The second-order valence-electron chi connectivity index (χ2n) is 4.22. The maximum absolute atomic E-state index is 10.3. The van der Waals surface area contributed by atoms with Crippen molar-refractivity contribution in [3.63, 3.8) is 0 Å². The summed E-state index contributed by atoms with van der Waals surface area (Å²) >= 11 is 3.44. The molecule has 18 heavy (non-hydrogen) atoms. The number of halogens is 1. The predicted octanol–water partition coefficient (Wildman–Crippen LogP) is 3.08. The Bertz CT molecular complexity index is 479. The Morgan fingerprint density at radius 3 is 2.89 bits per heavy atom. The molecule has 0 unspecified atom stereocenters. The van der Waals surface area contributed by atoms with Gasteiger partial charge >= 0.3 is 0 Å². The zero-order chi connectivity index (χ0) is 13.0. The van der Waals surface area contributed by atoms with Gasteiger partial charge in [-0.1, -0.05) is 15.9 Å². The van der Waals surface area contributed by atoms with Crippen LogP contribution in [0.1, 0.15) is 18.4 Å². The zero-order valence-electron chi connectivity index (χ0n) is 10.1. The van der Waals surface area contributed by atoms with Gasteiger partial charge in [0.25, 0.3) is 0 Å². The van der Waals surface area contributed by atoms with Gasteiger partial charge in [-0.05, 0) is 30.9 Å². The third-order valence-electron chi connectivity index (χ3n) is 2.85. The van der Waals surface area contributed by atoms with Gasteiger partial charge in [-0.25, -0.2) is 9.79 Å². The summed E-state index contributed by atoms with van der Waals surface area (Å²) in [6.07, 6.45) is 3.98. The first-order valence-corrected chi connectivity index (χ1v) is 6.57. The molecule has 1 aromatic carbocycles. The third-order valence-corrected chi connectivity index (χ3v) is 3.59. The number of carbonyl (C=O) groups excluding carboxylic acids is 1. The number of nitrogens with zero attached hydrogens (tertiary/aromatic N) is 1. The number of rotatable bonds is 6. The summed E-state index contributed by atoms with van der Waals surface area (Å²) in [4.78, 5) is 13.9. The van der Waals surface area contributed by atoms with Gasteiger partial charge in [-0.15, -0.1) is 0 Å². The number of aliphatic imine (C=N–C) groups is 1. The molecule has 0 N–H and O–H groups in total. The fraction of sp³-hybridized carbons (Fsp3) is 0.462. The molecule has 0 bridgehead atoms. The highest BCUT2D eigenvalue weighted by Crippen LogP contribution is 2.38. The molecule has 0 heterocycles. The van der Waals surface area contributed by atoms with Gasteiger partial charge in [0.2, 0.25) is 6.08 Å². The lowest BCUT2D eigenvalue weighted by Gasteiger charge is -2.15. The van der Waals surface area contributed by atoms with E-state index < -0.39 is 0 Å². The van der Waals surface area contributed by atoms with Crippen molar-refractivity contribution < 1.29 is 14.3 Å². The van der Waals surface area contributed by atoms with Crippen molar-refractivity contribution in [2.24, 2.45) is 10.9 Å². The zero-order valence-corrected chi connectivity index (χ0v) is 11.7. The van der Waals surface area contributed by atoms with E-state index in [1.54, 1.807) is 13.2 Å². The van der Waals surface area contributed by atoms with Gasteiger partial charge in [-0.3, -0.25) is 0 Å². The van der Waals surface area contributed by atoms with Crippen LogP contribution in [-0.4, -0.2) is 19.8 Å². The lowest BCUT2D eigenvalue weighted by Crippen LogP contribution is -2.04. The monoisotopic (exact) mass is 311 g/mol. The molecule has 1 aliphatic rings. The quantitative estimate of drug-likeness (QED) is 0.599. The van der Waals surface area contributed by atoms with Crippen LogP contribution < -0.4 is 9.47 Å². The Labute approximate surface area is 114 Å². The fourth-order valence-electron chi connectivity index (χ4n) is 1.65. The lowest BCUT2D eigenvalue weighted by molar-refractivity contribution is 0.277. The van der Waals surface area contributed by atoms with Crippen LogP contribution in [0.25, 0.3) is 0 Å². The molecule has 1 saturated carbocycles. The van der Waals surface area contributed by atoms with Crippen molar-refractivity contribution in [1.29, 1.82) is 0 Å². The largest absolute Gasteiger partial charge is 0.493 e. The Kier molecular flexibility index (Phi) is 4.39. The number of benzene rings is 1. The van der Waals surface area contributed by atoms with Crippen LogP contribution in [0.15, 0.2) is 21.6 Å². The number of hydrogen-bond acceptors (Lipinski definition) is 4. The van der Waals surface area contributed by atoms with E-state index in [2.05, 4.69) is 20.9 Å². The van der Waals surface area contributed by atoms with Crippen molar-refractivity contribution in [2.45, 2.75) is 19.4 Å². The fourth-order valence-corrected chi connectivity index (χ4v) is 2.08. The maximum atomic E-state index is 10.3. The molecule has 4 nitrogen and oxygen atoms in total. The molecule has 5 heteroatoms. The molecule has 1 fully saturated rings. The summed E-state index contributed by atoms with van der Waals surface area (Å²) in [5.74, 6) is 1.98. The molecule has 0 amide bonds. The summed E-state index contributed by atoms with van der Waals surface area (Å²) in [5.41, 5.74) is 0.818. The SMILES string of the molecule is COc1ccc(Br)c(CN=C=O)c1OCC1CC1. The van der Waals surface area contributed by atoms with Crippen LogP contribution in [-0.2, 0) is 11.3 Å². The van der Waals surface area contributed by atoms with Gasteiger partial charge in [0.05, 0.1) is 20.3 Å². The van der Waals surface area contributed by atoms with Gasteiger partial charge < -0.3 is 9.47 Å². The van der Waals surface area contributed by atoms with Gasteiger partial charge in [0.1, 0.15) is 0 Å². The van der Waals surface area contributed by atoms with E-state index >= 15 is 0 Å². The lowest BCUT2D eigenvalue weighted by atomic mass is 10.2. The van der Waals surface area contributed by atoms with E-state index in [0.717, 1.165) is 10.0 Å². The molecule has 0 saturated heterocycles. The topological polar surface area (TPSA) is 47.9 Å². The van der Waals surface area contributed by atoms with Crippen molar-refractivity contribution in [2.75, 3.05) is 13.7 Å². The third kappa shape index (κ3) is 3.12. The van der Waals surface area contributed by atoms with Crippen LogP contribution in [0.5, 0.6) is 11.5 Å². The summed E-state index contributed by atoms with van der Waals surface area (Å²) in [5, 5.41) is 0. The maximum Gasteiger partial charge on any atom is 0.235 e. The number of methoxy groups -OCH3 is 1. The second kappa shape index (κ2) is 6.03. The summed E-state index contributed by atoms with van der Waals surface area (Å²) in [6.45, 7) is 0.923. The first-order valence-electron chi connectivity index (χ1n) is 5.78. The Balaban J connectivity index is 2.28. The van der Waals surface area contributed by atoms with Gasteiger partial charge in [0.15, 0.2) is 11.5 Å². The molecule has 0 radical (unpaired) electrons. The van der Waals surface area contributed by atoms with Crippen LogP contribution in [0.4, 0.5) is 0 Å². The van der Waals surface area contributed by atoms with E-state index in [9.17, 15) is 4.79 Å². The van der Waals surface area contributed by atoms with E-state index in [4.69, 9.17) is 9.47 Å². The smallest absolute Gasteiger partial charge is 0.235 e. The Morgan fingerprint density at radius 2 is 2.28 bits per heavy atom. The van der Waals surface area contributed by atoms with Gasteiger partial charge in [-0.2, -0.15) is 0 Å². The van der Waals surface area contributed by atoms with Crippen molar-refractivity contribution in [3.05, 3.63) is 22.2 Å². The predicted molar refractivity (Wildman–Crippen MR) is 70.7 cm³/mol. The van der Waals surface area contributed by atoms with E-state index in [1.807, 2.05) is 12.1 Å². The molecule has 96 valence electrons. The number of isocyanates is 1. The highest BCUT2D eigenvalue weighted by atomic mass is 79.9. The molecule has 0 aliphatic heterocycles. The van der Waals surface area contributed by atoms with Crippen LogP contribution in [0.2, 0.25) is 0 Å². The highest BCUT2D eigenvalue weighted by Gasteiger charge is 2.24. The summed E-state index contributed by atoms with van der Waals surface area (Å²) in [6, 6.07) is 3.69. The average Bonchev–Trinajstić information content (AvgIpc) is 3.19. The van der Waals surface area contributed by atoms with E-state index in [1.165, 1.54) is 12.8 Å². The molecular weight excluding hydrogens is 298 g/mol.